The van der Waals surface area contributed by atoms with Gasteiger partial charge in [0, 0.05) is 45.4 Å². The molecule has 6 nitrogen and oxygen atoms in total. The Hall–Kier alpha value is -1.66. The first-order valence-electron chi connectivity index (χ1n) is 7.39. The number of carbonyl (C=O) groups is 1. The summed E-state index contributed by atoms with van der Waals surface area (Å²) in [6.07, 6.45) is 3.53. The van der Waals surface area contributed by atoms with E-state index in [2.05, 4.69) is 21.3 Å². The van der Waals surface area contributed by atoms with E-state index in [-0.39, 0.29) is 11.8 Å². The molecule has 3 N–H and O–H groups in total. The number of hydrogen-bond donors (Lipinski definition) is 2. The van der Waals surface area contributed by atoms with Crippen molar-refractivity contribution in [2.75, 3.05) is 38.3 Å². The fourth-order valence-electron chi connectivity index (χ4n) is 2.51. The molecule has 2 rings (SSSR count). The lowest BCUT2D eigenvalue weighted by atomic mass is 9.96. The van der Waals surface area contributed by atoms with Crippen molar-refractivity contribution in [1.29, 1.82) is 0 Å². The Kier molecular flexibility index (Phi) is 5.95. The second kappa shape index (κ2) is 7.95. The van der Waals surface area contributed by atoms with Gasteiger partial charge >= 0.3 is 0 Å². The van der Waals surface area contributed by atoms with Crippen LogP contribution in [0.1, 0.15) is 18.4 Å². The van der Waals surface area contributed by atoms with Crippen LogP contribution in [0, 0.1) is 5.92 Å². The number of amides is 1. The zero-order valence-electron chi connectivity index (χ0n) is 12.5. The van der Waals surface area contributed by atoms with Crippen LogP contribution in [0.25, 0.3) is 0 Å². The Morgan fingerprint density at radius 2 is 2.24 bits per heavy atom. The number of nitrogens with zero attached hydrogens (tertiary/aromatic N) is 2. The molecule has 0 bridgehead atoms. The highest BCUT2D eigenvalue weighted by molar-refractivity contribution is 5.76. The zero-order chi connectivity index (χ0) is 15.1. The van der Waals surface area contributed by atoms with Gasteiger partial charge in [-0.3, -0.25) is 4.79 Å². The van der Waals surface area contributed by atoms with Gasteiger partial charge in [-0.2, -0.15) is 0 Å². The first-order valence-corrected chi connectivity index (χ1v) is 7.39. The molecule has 0 saturated carbocycles. The highest BCUT2D eigenvalue weighted by Gasteiger charge is 2.23. The average Bonchev–Trinajstić information content (AvgIpc) is 2.52. The molecule has 0 atom stereocenters. The van der Waals surface area contributed by atoms with Gasteiger partial charge in [0.15, 0.2) is 0 Å². The lowest BCUT2D eigenvalue weighted by molar-refractivity contribution is -0.122. The maximum absolute atomic E-state index is 11.2. The summed E-state index contributed by atoms with van der Waals surface area (Å²) >= 11 is 0. The molecule has 1 fully saturated rings. The molecule has 1 aliphatic heterocycles. The summed E-state index contributed by atoms with van der Waals surface area (Å²) in [5.74, 6) is 0.809. The molecule has 2 heterocycles. The van der Waals surface area contributed by atoms with E-state index in [1.165, 1.54) is 0 Å². The number of aromatic nitrogens is 1. The quantitative estimate of drug-likeness (QED) is 0.716. The van der Waals surface area contributed by atoms with Crippen molar-refractivity contribution in [1.82, 2.24) is 10.3 Å². The number of hydrogen-bond acceptors (Lipinski definition) is 5. The summed E-state index contributed by atoms with van der Waals surface area (Å²) in [6, 6.07) is 4.13. The Labute approximate surface area is 125 Å². The fraction of sp³-hybridized carbons (Fsp3) is 0.600. The van der Waals surface area contributed by atoms with Crippen molar-refractivity contribution < 1.29 is 9.53 Å². The normalized spacial score (nSPS) is 16.1. The molecule has 6 heteroatoms. The molecular weight excluding hydrogens is 268 g/mol. The predicted octanol–water partition coefficient (Wildman–Crippen LogP) is 0.519. The molecule has 116 valence electrons. The van der Waals surface area contributed by atoms with Crippen LogP contribution in [0.3, 0.4) is 0 Å². The Morgan fingerprint density at radius 1 is 1.48 bits per heavy atom. The van der Waals surface area contributed by atoms with E-state index in [1.807, 2.05) is 12.3 Å². The second-order valence-corrected chi connectivity index (χ2v) is 5.36. The SMILES string of the molecule is COCCNCc1ccc(N2CCC(C(N)=O)CC2)nc1. The first kappa shape index (κ1) is 15.7. The lowest BCUT2D eigenvalue weighted by Crippen LogP contribution is -2.38. The van der Waals surface area contributed by atoms with Gasteiger partial charge in [-0.25, -0.2) is 4.98 Å². The Bertz CT molecular complexity index is 441. The molecule has 0 radical (unpaired) electrons. The smallest absolute Gasteiger partial charge is 0.220 e. The largest absolute Gasteiger partial charge is 0.383 e. The molecule has 1 aromatic rings. The van der Waals surface area contributed by atoms with Gasteiger partial charge in [-0.15, -0.1) is 0 Å². The lowest BCUT2D eigenvalue weighted by Gasteiger charge is -2.31. The third kappa shape index (κ3) is 4.68. The molecule has 0 aromatic carbocycles. The third-order valence-electron chi connectivity index (χ3n) is 3.84. The van der Waals surface area contributed by atoms with Crippen molar-refractivity contribution in [3.05, 3.63) is 23.9 Å². The highest BCUT2D eigenvalue weighted by atomic mass is 16.5. The van der Waals surface area contributed by atoms with Crippen LogP contribution >= 0.6 is 0 Å². The van der Waals surface area contributed by atoms with Crippen molar-refractivity contribution >= 4 is 11.7 Å². The number of methoxy groups -OCH3 is 1. The van der Waals surface area contributed by atoms with Gasteiger partial charge in [-0.1, -0.05) is 6.07 Å². The molecule has 1 saturated heterocycles. The summed E-state index contributed by atoms with van der Waals surface area (Å²) in [7, 11) is 1.69. The topological polar surface area (TPSA) is 80.5 Å². The Morgan fingerprint density at radius 3 is 2.81 bits per heavy atom. The summed E-state index contributed by atoms with van der Waals surface area (Å²) in [6.45, 7) is 4.01. The van der Waals surface area contributed by atoms with Crippen LogP contribution < -0.4 is 16.0 Å². The molecule has 0 spiro atoms. The van der Waals surface area contributed by atoms with Gasteiger partial charge in [-0.05, 0) is 24.5 Å². The standard InChI is InChI=1S/C15H24N4O2/c1-21-9-6-17-10-12-2-3-14(18-11-12)19-7-4-13(5-8-19)15(16)20/h2-3,11,13,17H,4-10H2,1H3,(H2,16,20). The van der Waals surface area contributed by atoms with Gasteiger partial charge in [0.1, 0.15) is 5.82 Å². The van der Waals surface area contributed by atoms with Crippen LogP contribution in [0.15, 0.2) is 18.3 Å². The summed E-state index contributed by atoms with van der Waals surface area (Å²) in [4.78, 5) is 17.9. The number of carbonyl (C=O) groups excluding carboxylic acids is 1. The molecule has 0 unspecified atom stereocenters. The number of nitrogens with two attached hydrogens (primary N) is 1. The van der Waals surface area contributed by atoms with E-state index in [4.69, 9.17) is 10.5 Å². The van der Waals surface area contributed by atoms with Crippen LogP contribution in [-0.2, 0) is 16.1 Å². The molecule has 21 heavy (non-hydrogen) atoms. The maximum atomic E-state index is 11.2. The van der Waals surface area contributed by atoms with Crippen LogP contribution in [0.4, 0.5) is 5.82 Å². The number of pyridine rings is 1. The van der Waals surface area contributed by atoms with Crippen LogP contribution in [-0.4, -0.2) is 44.2 Å². The minimum atomic E-state index is -0.180. The number of ether oxygens (including phenoxy) is 1. The van der Waals surface area contributed by atoms with Crippen molar-refractivity contribution in [2.45, 2.75) is 19.4 Å². The average molecular weight is 292 g/mol. The highest BCUT2D eigenvalue weighted by Crippen LogP contribution is 2.21. The minimum Gasteiger partial charge on any atom is -0.383 e. The third-order valence-corrected chi connectivity index (χ3v) is 3.84. The Balaban J connectivity index is 1.81. The predicted molar refractivity (Wildman–Crippen MR) is 82.0 cm³/mol. The number of anilines is 1. The fourth-order valence-corrected chi connectivity index (χ4v) is 2.51. The number of primary amides is 1. The van der Waals surface area contributed by atoms with E-state index >= 15 is 0 Å². The van der Waals surface area contributed by atoms with E-state index in [9.17, 15) is 4.79 Å². The van der Waals surface area contributed by atoms with Crippen molar-refractivity contribution in [3.63, 3.8) is 0 Å². The van der Waals surface area contributed by atoms with Crippen molar-refractivity contribution in [2.24, 2.45) is 11.7 Å². The number of nitrogens with one attached hydrogen (secondary N) is 1. The van der Waals surface area contributed by atoms with Gasteiger partial charge in [0.2, 0.25) is 5.91 Å². The van der Waals surface area contributed by atoms with E-state index in [1.54, 1.807) is 7.11 Å². The second-order valence-electron chi connectivity index (χ2n) is 5.36. The van der Waals surface area contributed by atoms with Crippen LogP contribution in [0.5, 0.6) is 0 Å². The first-order chi connectivity index (χ1) is 10.2. The molecule has 1 aliphatic rings. The van der Waals surface area contributed by atoms with E-state index < -0.39 is 0 Å². The summed E-state index contributed by atoms with van der Waals surface area (Å²) in [5.41, 5.74) is 6.50. The number of rotatable bonds is 7. The molecule has 1 aromatic heterocycles. The van der Waals surface area contributed by atoms with E-state index in [0.29, 0.717) is 6.61 Å². The summed E-state index contributed by atoms with van der Waals surface area (Å²) < 4.78 is 4.99. The zero-order valence-corrected chi connectivity index (χ0v) is 12.5. The molecular formula is C15H24N4O2. The maximum Gasteiger partial charge on any atom is 0.220 e. The monoisotopic (exact) mass is 292 g/mol. The van der Waals surface area contributed by atoms with Crippen LogP contribution in [0.2, 0.25) is 0 Å². The molecule has 1 amide bonds. The minimum absolute atomic E-state index is 0.0190. The van der Waals surface area contributed by atoms with Crippen molar-refractivity contribution in [3.8, 4) is 0 Å². The summed E-state index contributed by atoms with van der Waals surface area (Å²) in [5, 5.41) is 3.29. The number of piperidine rings is 1. The molecule has 0 aliphatic carbocycles. The van der Waals surface area contributed by atoms with Gasteiger partial charge < -0.3 is 20.7 Å². The van der Waals surface area contributed by atoms with Gasteiger partial charge in [0.05, 0.1) is 6.61 Å². The van der Waals surface area contributed by atoms with Gasteiger partial charge in [0.25, 0.3) is 0 Å². The van der Waals surface area contributed by atoms with E-state index in [0.717, 1.165) is 50.4 Å².